The highest BCUT2D eigenvalue weighted by molar-refractivity contribution is 5.69. The zero-order valence-corrected chi connectivity index (χ0v) is 16.8. The van der Waals surface area contributed by atoms with Gasteiger partial charge in [0.2, 0.25) is 0 Å². The Hall–Kier alpha value is -3.11. The molecule has 4 heteroatoms. The number of carbonyl (C=O) groups is 1. The molecule has 0 aromatic heterocycles. The van der Waals surface area contributed by atoms with Gasteiger partial charge in [0.1, 0.15) is 12.4 Å². The van der Waals surface area contributed by atoms with E-state index in [2.05, 4.69) is 48.5 Å². The van der Waals surface area contributed by atoms with Crippen LogP contribution in [0.25, 0.3) is 11.1 Å². The maximum atomic E-state index is 10.8. The van der Waals surface area contributed by atoms with Crippen molar-refractivity contribution in [2.24, 2.45) is 0 Å². The summed E-state index contributed by atoms with van der Waals surface area (Å²) in [6.45, 7) is 1.02. The summed E-state index contributed by atoms with van der Waals surface area (Å²) in [5, 5.41) is 8.88. The van der Waals surface area contributed by atoms with Crippen molar-refractivity contribution in [1.82, 2.24) is 4.90 Å². The van der Waals surface area contributed by atoms with Crippen molar-refractivity contribution >= 4 is 5.97 Å². The van der Waals surface area contributed by atoms with E-state index >= 15 is 0 Å². The lowest BCUT2D eigenvalue weighted by molar-refractivity contribution is -0.138. The van der Waals surface area contributed by atoms with Gasteiger partial charge in [0, 0.05) is 6.54 Å². The van der Waals surface area contributed by atoms with Crippen LogP contribution in [0.5, 0.6) is 5.75 Å². The number of aliphatic carboxylic acids is 1. The minimum absolute atomic E-state index is 0.0111. The molecular formula is C25H27NO3. The number of carboxylic acid groups (broad SMARTS) is 1. The minimum atomic E-state index is -0.830. The molecule has 3 rings (SSSR count). The summed E-state index contributed by atoms with van der Waals surface area (Å²) in [6.07, 6.45) is 1.82. The Morgan fingerprint density at radius 3 is 2.28 bits per heavy atom. The first-order valence-electron chi connectivity index (χ1n) is 9.87. The number of likely N-dealkylation sites (N-methyl/N-ethyl adjacent to an activating group) is 1. The van der Waals surface area contributed by atoms with Crippen molar-refractivity contribution in [3.05, 3.63) is 90.0 Å². The zero-order chi connectivity index (χ0) is 20.5. The highest BCUT2D eigenvalue weighted by Crippen LogP contribution is 2.28. The summed E-state index contributed by atoms with van der Waals surface area (Å²) in [4.78, 5) is 12.5. The Balaban J connectivity index is 1.73. The first-order chi connectivity index (χ1) is 14.1. The second-order valence-electron chi connectivity index (χ2n) is 7.15. The molecule has 3 aromatic rings. The van der Waals surface area contributed by atoms with Crippen LogP contribution >= 0.6 is 0 Å². The van der Waals surface area contributed by atoms with Crippen LogP contribution in [0.3, 0.4) is 0 Å². The summed E-state index contributed by atoms with van der Waals surface area (Å²) in [5.74, 6) is 0.0348. The lowest BCUT2D eigenvalue weighted by Crippen LogP contribution is -2.29. The van der Waals surface area contributed by atoms with E-state index in [0.717, 1.165) is 24.2 Å². The van der Waals surface area contributed by atoms with Gasteiger partial charge >= 0.3 is 5.97 Å². The first kappa shape index (κ1) is 20.6. The molecule has 0 atom stereocenters. The fourth-order valence-corrected chi connectivity index (χ4v) is 3.27. The van der Waals surface area contributed by atoms with Gasteiger partial charge in [0.15, 0.2) is 0 Å². The molecule has 0 aliphatic heterocycles. The van der Waals surface area contributed by atoms with Crippen LogP contribution in [-0.2, 0) is 17.6 Å². The maximum absolute atomic E-state index is 10.8. The average Bonchev–Trinajstić information content (AvgIpc) is 2.73. The second kappa shape index (κ2) is 10.4. The summed E-state index contributed by atoms with van der Waals surface area (Å²) >= 11 is 0. The van der Waals surface area contributed by atoms with Crippen LogP contribution in [0.15, 0.2) is 78.9 Å². The Labute approximate surface area is 172 Å². The molecular weight excluding hydrogens is 362 g/mol. The predicted octanol–water partition coefficient (Wildman–Crippen LogP) is 4.53. The molecule has 150 valence electrons. The second-order valence-corrected chi connectivity index (χ2v) is 7.15. The van der Waals surface area contributed by atoms with Gasteiger partial charge in [-0.25, -0.2) is 0 Å². The number of rotatable bonds is 10. The van der Waals surface area contributed by atoms with Crippen LogP contribution in [0.4, 0.5) is 0 Å². The number of ether oxygens (including phenoxy) is 1. The van der Waals surface area contributed by atoms with Crippen LogP contribution in [0, 0.1) is 0 Å². The van der Waals surface area contributed by atoms with Gasteiger partial charge in [-0.15, -0.1) is 0 Å². The van der Waals surface area contributed by atoms with Crippen molar-refractivity contribution in [3.63, 3.8) is 0 Å². The van der Waals surface area contributed by atoms with E-state index in [4.69, 9.17) is 9.84 Å². The Kier molecular flexibility index (Phi) is 7.42. The fourth-order valence-electron chi connectivity index (χ4n) is 3.27. The third-order valence-corrected chi connectivity index (χ3v) is 4.83. The number of hydrogen-bond donors (Lipinski definition) is 1. The smallest absolute Gasteiger partial charge is 0.317 e. The SMILES string of the molecule is CN(CCOc1ccc(-c2ccccc2)cc1CCc1ccccc1)CC(=O)O. The number of hydrogen-bond acceptors (Lipinski definition) is 3. The van der Waals surface area contributed by atoms with Gasteiger partial charge in [-0.2, -0.15) is 0 Å². The fraction of sp³-hybridized carbons (Fsp3) is 0.240. The van der Waals surface area contributed by atoms with Crippen molar-refractivity contribution in [3.8, 4) is 16.9 Å². The third kappa shape index (κ3) is 6.47. The molecule has 0 fully saturated rings. The zero-order valence-electron chi connectivity index (χ0n) is 16.8. The van der Waals surface area contributed by atoms with Crippen LogP contribution in [0.1, 0.15) is 11.1 Å². The van der Waals surface area contributed by atoms with E-state index in [1.807, 2.05) is 30.3 Å². The van der Waals surface area contributed by atoms with Crippen molar-refractivity contribution in [1.29, 1.82) is 0 Å². The molecule has 1 N–H and O–H groups in total. The molecule has 0 radical (unpaired) electrons. The summed E-state index contributed by atoms with van der Waals surface area (Å²) in [6, 6.07) is 27.1. The highest BCUT2D eigenvalue weighted by atomic mass is 16.5. The molecule has 0 spiro atoms. The van der Waals surface area contributed by atoms with Crippen LogP contribution in [-0.4, -0.2) is 42.7 Å². The summed E-state index contributed by atoms with van der Waals surface area (Å²) in [5.41, 5.74) is 4.81. The molecule has 0 saturated heterocycles. The van der Waals surface area contributed by atoms with E-state index in [0.29, 0.717) is 13.2 Å². The van der Waals surface area contributed by atoms with Gasteiger partial charge in [-0.1, -0.05) is 66.7 Å². The molecule has 3 aromatic carbocycles. The van der Waals surface area contributed by atoms with Gasteiger partial charge < -0.3 is 9.84 Å². The number of carboxylic acids is 1. The molecule has 0 heterocycles. The highest BCUT2D eigenvalue weighted by Gasteiger charge is 2.09. The first-order valence-corrected chi connectivity index (χ1v) is 9.87. The molecule has 0 unspecified atom stereocenters. The van der Waals surface area contributed by atoms with Crippen molar-refractivity contribution in [2.45, 2.75) is 12.8 Å². The summed E-state index contributed by atoms with van der Waals surface area (Å²) in [7, 11) is 1.78. The van der Waals surface area contributed by atoms with E-state index in [9.17, 15) is 4.79 Å². The normalized spacial score (nSPS) is 10.8. The van der Waals surface area contributed by atoms with E-state index < -0.39 is 5.97 Å². The Morgan fingerprint density at radius 1 is 0.897 bits per heavy atom. The average molecular weight is 389 g/mol. The number of nitrogens with zero attached hydrogens (tertiary/aromatic N) is 1. The van der Waals surface area contributed by atoms with Crippen LogP contribution < -0.4 is 4.74 Å². The Bertz CT molecular complexity index is 910. The largest absolute Gasteiger partial charge is 0.492 e. The van der Waals surface area contributed by atoms with Crippen LogP contribution in [0.2, 0.25) is 0 Å². The monoisotopic (exact) mass is 389 g/mol. The van der Waals surface area contributed by atoms with Gasteiger partial charge in [0.05, 0.1) is 6.54 Å². The van der Waals surface area contributed by atoms with Crippen molar-refractivity contribution in [2.75, 3.05) is 26.7 Å². The molecule has 29 heavy (non-hydrogen) atoms. The lowest BCUT2D eigenvalue weighted by Gasteiger charge is -2.17. The molecule has 0 saturated carbocycles. The quantitative estimate of drug-likeness (QED) is 0.553. The standard InChI is InChI=1S/C25H27NO3/c1-26(19-25(27)28)16-17-29-24-15-14-22(21-10-6-3-7-11-21)18-23(24)13-12-20-8-4-2-5-9-20/h2-11,14-15,18H,12-13,16-17,19H2,1H3,(H,27,28). The molecule has 0 bridgehead atoms. The molecule has 4 nitrogen and oxygen atoms in total. The topological polar surface area (TPSA) is 49.8 Å². The van der Waals surface area contributed by atoms with Crippen molar-refractivity contribution < 1.29 is 14.6 Å². The minimum Gasteiger partial charge on any atom is -0.492 e. The number of benzene rings is 3. The van der Waals surface area contributed by atoms with E-state index in [1.54, 1.807) is 11.9 Å². The molecule has 0 aliphatic carbocycles. The van der Waals surface area contributed by atoms with Gasteiger partial charge in [-0.05, 0) is 54.3 Å². The van der Waals surface area contributed by atoms with E-state index in [-0.39, 0.29) is 6.54 Å². The lowest BCUT2D eigenvalue weighted by atomic mass is 9.98. The summed E-state index contributed by atoms with van der Waals surface area (Å²) < 4.78 is 6.03. The third-order valence-electron chi connectivity index (χ3n) is 4.83. The van der Waals surface area contributed by atoms with Gasteiger partial charge in [-0.3, -0.25) is 9.69 Å². The van der Waals surface area contributed by atoms with Gasteiger partial charge in [0.25, 0.3) is 0 Å². The Morgan fingerprint density at radius 2 is 1.59 bits per heavy atom. The number of aryl methyl sites for hydroxylation is 2. The molecule has 0 aliphatic rings. The van der Waals surface area contributed by atoms with E-state index in [1.165, 1.54) is 16.7 Å². The maximum Gasteiger partial charge on any atom is 0.317 e. The predicted molar refractivity (Wildman–Crippen MR) is 116 cm³/mol. The molecule has 0 amide bonds.